The summed E-state index contributed by atoms with van der Waals surface area (Å²) in [7, 11) is 3.51. The molecule has 0 bridgehead atoms. The zero-order valence-electron chi connectivity index (χ0n) is 16.9. The van der Waals surface area contributed by atoms with E-state index in [2.05, 4.69) is 46.0 Å². The van der Waals surface area contributed by atoms with E-state index >= 15 is 0 Å². The van der Waals surface area contributed by atoms with E-state index in [1.54, 1.807) is 19.0 Å². The zero-order valence-corrected chi connectivity index (χ0v) is 19.3. The molecular weight excluding hydrogens is 467 g/mol. The van der Waals surface area contributed by atoms with E-state index in [4.69, 9.17) is 4.74 Å². The standard InChI is InChI=1S/C21H32N4O2.HI/c1-25(2)19(26)14-23-20(22-13-17-9-12-27-15-17)24-16-21(10-6-11-21)18-7-4-3-5-8-18;/h3-5,7-8,17H,6,9-16H2,1-2H3,(H2,22,23,24);1H. The van der Waals surface area contributed by atoms with E-state index in [9.17, 15) is 4.79 Å². The molecule has 1 amide bonds. The molecule has 1 saturated heterocycles. The number of carbonyl (C=O) groups is 1. The maximum atomic E-state index is 11.9. The Kier molecular flexibility index (Phi) is 9.01. The molecule has 0 aromatic heterocycles. The van der Waals surface area contributed by atoms with Gasteiger partial charge in [0.05, 0.1) is 6.61 Å². The Hall–Kier alpha value is -1.35. The second kappa shape index (κ2) is 11.0. The van der Waals surface area contributed by atoms with Gasteiger partial charge in [0.2, 0.25) is 5.91 Å². The van der Waals surface area contributed by atoms with Gasteiger partial charge in [-0.15, -0.1) is 24.0 Å². The van der Waals surface area contributed by atoms with Crippen LogP contribution in [0.5, 0.6) is 0 Å². The summed E-state index contributed by atoms with van der Waals surface area (Å²) in [6.45, 7) is 3.44. The smallest absolute Gasteiger partial charge is 0.243 e. The largest absolute Gasteiger partial charge is 0.381 e. The average Bonchev–Trinajstić information content (AvgIpc) is 3.16. The monoisotopic (exact) mass is 500 g/mol. The summed E-state index contributed by atoms with van der Waals surface area (Å²) in [4.78, 5) is 18.0. The number of likely N-dealkylation sites (N-methyl/N-ethyl adjacent to an activating group) is 1. The van der Waals surface area contributed by atoms with Crippen LogP contribution in [0.15, 0.2) is 35.3 Å². The molecule has 1 atom stereocenters. The van der Waals surface area contributed by atoms with Crippen molar-refractivity contribution in [3.63, 3.8) is 0 Å². The third kappa shape index (κ3) is 6.07. The minimum Gasteiger partial charge on any atom is -0.381 e. The predicted molar refractivity (Wildman–Crippen MR) is 123 cm³/mol. The summed E-state index contributed by atoms with van der Waals surface area (Å²) in [5.41, 5.74) is 1.56. The van der Waals surface area contributed by atoms with Crippen molar-refractivity contribution in [2.24, 2.45) is 10.9 Å². The summed E-state index contributed by atoms with van der Waals surface area (Å²) in [5.74, 6) is 1.23. The highest BCUT2D eigenvalue weighted by Crippen LogP contribution is 2.43. The number of benzene rings is 1. The molecule has 6 nitrogen and oxygen atoms in total. The summed E-state index contributed by atoms with van der Waals surface area (Å²) in [6.07, 6.45) is 4.70. The summed E-state index contributed by atoms with van der Waals surface area (Å²) < 4.78 is 5.46. The number of hydrogen-bond donors (Lipinski definition) is 2. The van der Waals surface area contributed by atoms with Gasteiger partial charge in [-0.3, -0.25) is 4.79 Å². The predicted octanol–water partition coefficient (Wildman–Crippen LogP) is 2.39. The second-order valence-corrected chi connectivity index (χ2v) is 7.92. The first kappa shape index (κ1) is 22.9. The Labute approximate surface area is 185 Å². The highest BCUT2D eigenvalue weighted by molar-refractivity contribution is 14.0. The van der Waals surface area contributed by atoms with Crippen LogP contribution in [-0.4, -0.2) is 63.7 Å². The normalized spacial score (nSPS) is 20.6. The Morgan fingerprint density at radius 3 is 2.57 bits per heavy atom. The van der Waals surface area contributed by atoms with Crippen molar-refractivity contribution in [1.82, 2.24) is 15.5 Å². The van der Waals surface area contributed by atoms with Crippen molar-refractivity contribution in [3.8, 4) is 0 Å². The topological polar surface area (TPSA) is 66.0 Å². The van der Waals surface area contributed by atoms with Crippen LogP contribution in [0, 0.1) is 5.92 Å². The fourth-order valence-corrected chi connectivity index (χ4v) is 3.66. The number of halogens is 1. The molecular formula is C21H33IN4O2. The van der Waals surface area contributed by atoms with Gasteiger partial charge in [0.15, 0.2) is 5.96 Å². The van der Waals surface area contributed by atoms with Crippen LogP contribution in [0.1, 0.15) is 31.2 Å². The van der Waals surface area contributed by atoms with Gasteiger partial charge in [-0.25, -0.2) is 4.99 Å². The SMILES string of the molecule is CN(C)C(=O)CN=C(NCC1CCOC1)NCC1(c2ccccc2)CCC1.I. The van der Waals surface area contributed by atoms with E-state index in [0.29, 0.717) is 5.92 Å². The van der Waals surface area contributed by atoms with Gasteiger partial charge < -0.3 is 20.3 Å². The van der Waals surface area contributed by atoms with Crippen molar-refractivity contribution in [3.05, 3.63) is 35.9 Å². The van der Waals surface area contributed by atoms with Gasteiger partial charge >= 0.3 is 0 Å². The molecule has 0 spiro atoms. The number of nitrogens with one attached hydrogen (secondary N) is 2. The van der Waals surface area contributed by atoms with Crippen LogP contribution in [0.3, 0.4) is 0 Å². The number of guanidine groups is 1. The first-order chi connectivity index (χ1) is 13.1. The molecule has 2 N–H and O–H groups in total. The number of aliphatic imine (C=N–C) groups is 1. The minimum atomic E-state index is 0. The van der Waals surface area contributed by atoms with E-state index in [1.165, 1.54) is 24.8 Å². The third-order valence-corrected chi connectivity index (χ3v) is 5.74. The fourth-order valence-electron chi connectivity index (χ4n) is 3.66. The summed E-state index contributed by atoms with van der Waals surface area (Å²) >= 11 is 0. The molecule has 1 unspecified atom stereocenters. The molecule has 7 heteroatoms. The van der Waals surface area contributed by atoms with Crippen LogP contribution in [-0.2, 0) is 14.9 Å². The number of amides is 1. The Morgan fingerprint density at radius 1 is 1.25 bits per heavy atom. The lowest BCUT2D eigenvalue weighted by molar-refractivity contribution is -0.127. The van der Waals surface area contributed by atoms with Gasteiger partial charge in [0, 0.05) is 45.1 Å². The van der Waals surface area contributed by atoms with Crippen molar-refractivity contribution < 1.29 is 9.53 Å². The lowest BCUT2D eigenvalue weighted by Gasteiger charge is -2.43. The summed E-state index contributed by atoms with van der Waals surface area (Å²) in [5, 5.41) is 6.92. The van der Waals surface area contributed by atoms with Crippen LogP contribution >= 0.6 is 24.0 Å². The van der Waals surface area contributed by atoms with E-state index in [0.717, 1.165) is 38.7 Å². The lowest BCUT2D eigenvalue weighted by Crippen LogP contribution is -2.49. The van der Waals surface area contributed by atoms with Crippen molar-refractivity contribution in [2.45, 2.75) is 31.1 Å². The Bertz CT molecular complexity index is 641. The van der Waals surface area contributed by atoms with E-state index in [-0.39, 0.29) is 41.8 Å². The van der Waals surface area contributed by atoms with Crippen LogP contribution < -0.4 is 10.6 Å². The average molecular weight is 500 g/mol. The third-order valence-electron chi connectivity index (χ3n) is 5.74. The van der Waals surface area contributed by atoms with Gasteiger partial charge in [-0.1, -0.05) is 36.8 Å². The molecule has 156 valence electrons. The van der Waals surface area contributed by atoms with Gasteiger partial charge in [-0.05, 0) is 24.8 Å². The molecule has 1 heterocycles. The molecule has 1 saturated carbocycles. The van der Waals surface area contributed by atoms with Gasteiger partial charge in [-0.2, -0.15) is 0 Å². The lowest BCUT2D eigenvalue weighted by atomic mass is 9.64. The van der Waals surface area contributed by atoms with Crippen LogP contribution in [0.25, 0.3) is 0 Å². The fraction of sp³-hybridized carbons (Fsp3) is 0.619. The maximum absolute atomic E-state index is 11.9. The first-order valence-electron chi connectivity index (χ1n) is 9.95. The number of carbonyl (C=O) groups excluding carboxylic acids is 1. The van der Waals surface area contributed by atoms with Crippen molar-refractivity contribution in [2.75, 3.05) is 46.9 Å². The van der Waals surface area contributed by atoms with E-state index in [1.807, 2.05) is 0 Å². The van der Waals surface area contributed by atoms with E-state index < -0.39 is 0 Å². The number of rotatable bonds is 7. The number of ether oxygens (including phenoxy) is 1. The molecule has 1 aliphatic heterocycles. The highest BCUT2D eigenvalue weighted by atomic mass is 127. The van der Waals surface area contributed by atoms with Gasteiger partial charge in [0.1, 0.15) is 6.54 Å². The number of hydrogen-bond acceptors (Lipinski definition) is 3. The Morgan fingerprint density at radius 2 is 2.00 bits per heavy atom. The van der Waals surface area contributed by atoms with Gasteiger partial charge in [0.25, 0.3) is 0 Å². The minimum absolute atomic E-state index is 0. The molecule has 1 aromatic carbocycles. The van der Waals surface area contributed by atoms with Crippen LogP contribution in [0.4, 0.5) is 0 Å². The molecule has 28 heavy (non-hydrogen) atoms. The Balaban J connectivity index is 0.00000280. The van der Waals surface area contributed by atoms with Crippen molar-refractivity contribution >= 4 is 35.8 Å². The number of nitrogens with zero attached hydrogens (tertiary/aromatic N) is 2. The molecule has 1 aliphatic carbocycles. The molecule has 2 aliphatic rings. The highest BCUT2D eigenvalue weighted by Gasteiger charge is 2.38. The van der Waals surface area contributed by atoms with Crippen LogP contribution in [0.2, 0.25) is 0 Å². The quantitative estimate of drug-likeness (QED) is 0.343. The molecule has 2 fully saturated rings. The second-order valence-electron chi connectivity index (χ2n) is 7.92. The van der Waals surface area contributed by atoms with Crippen molar-refractivity contribution in [1.29, 1.82) is 0 Å². The maximum Gasteiger partial charge on any atom is 0.243 e. The first-order valence-corrected chi connectivity index (χ1v) is 9.95. The molecule has 0 radical (unpaired) electrons. The molecule has 1 aromatic rings. The zero-order chi connectivity index (χ0) is 19.1. The summed E-state index contributed by atoms with van der Waals surface area (Å²) in [6, 6.07) is 10.7. The molecule has 3 rings (SSSR count).